The summed E-state index contributed by atoms with van der Waals surface area (Å²) in [6, 6.07) is 5.47. The highest BCUT2D eigenvalue weighted by atomic mass is 16.5. The fourth-order valence-corrected chi connectivity index (χ4v) is 3.26. The third-order valence-corrected chi connectivity index (χ3v) is 4.29. The Bertz CT molecular complexity index is 675. The molecule has 2 atom stereocenters. The van der Waals surface area contributed by atoms with Crippen LogP contribution in [0.3, 0.4) is 0 Å². The third-order valence-electron chi connectivity index (χ3n) is 4.29. The molecule has 0 amide bonds. The highest BCUT2D eigenvalue weighted by Crippen LogP contribution is 2.39. The zero-order chi connectivity index (χ0) is 17.1. The van der Waals surface area contributed by atoms with Crippen LogP contribution < -0.4 is 9.47 Å². The summed E-state index contributed by atoms with van der Waals surface area (Å²) in [5, 5.41) is 25.0. The number of ether oxygens (including phenoxy) is 2. The Morgan fingerprint density at radius 1 is 1.25 bits per heavy atom. The van der Waals surface area contributed by atoms with E-state index in [9.17, 15) is 10.2 Å². The molecule has 1 aliphatic rings. The lowest BCUT2D eigenvalue weighted by Crippen LogP contribution is -2.40. The SMILES string of the molecule is COc1ccc(OC)c2c1CN(CC(O)Cn1cccn1)CC2O. The van der Waals surface area contributed by atoms with Crippen molar-refractivity contribution in [1.29, 1.82) is 0 Å². The molecule has 1 aromatic carbocycles. The first-order valence-electron chi connectivity index (χ1n) is 7.92. The van der Waals surface area contributed by atoms with E-state index in [2.05, 4.69) is 5.10 Å². The van der Waals surface area contributed by atoms with Gasteiger partial charge in [-0.25, -0.2) is 0 Å². The Morgan fingerprint density at radius 3 is 2.67 bits per heavy atom. The molecular formula is C17H23N3O4. The topological polar surface area (TPSA) is 80.0 Å². The summed E-state index contributed by atoms with van der Waals surface area (Å²) in [7, 11) is 3.20. The number of methoxy groups -OCH3 is 2. The number of hydrogen-bond donors (Lipinski definition) is 2. The molecule has 24 heavy (non-hydrogen) atoms. The lowest BCUT2D eigenvalue weighted by molar-refractivity contribution is 0.0440. The lowest BCUT2D eigenvalue weighted by atomic mass is 9.95. The van der Waals surface area contributed by atoms with Gasteiger partial charge in [0.1, 0.15) is 11.5 Å². The van der Waals surface area contributed by atoms with Crippen LogP contribution in [0.1, 0.15) is 17.2 Å². The fourth-order valence-electron chi connectivity index (χ4n) is 3.26. The van der Waals surface area contributed by atoms with E-state index in [1.807, 2.05) is 29.3 Å². The number of aliphatic hydroxyl groups is 2. The molecule has 2 aromatic rings. The first-order chi connectivity index (χ1) is 11.6. The van der Waals surface area contributed by atoms with Crippen molar-refractivity contribution in [2.24, 2.45) is 0 Å². The molecule has 7 nitrogen and oxygen atoms in total. The first kappa shape index (κ1) is 16.8. The molecule has 7 heteroatoms. The molecule has 2 N–H and O–H groups in total. The van der Waals surface area contributed by atoms with Crippen LogP contribution in [0.2, 0.25) is 0 Å². The number of nitrogens with zero attached hydrogens (tertiary/aromatic N) is 3. The van der Waals surface area contributed by atoms with E-state index >= 15 is 0 Å². The average molecular weight is 333 g/mol. The Balaban J connectivity index is 1.76. The summed E-state index contributed by atoms with van der Waals surface area (Å²) in [5.74, 6) is 1.38. The van der Waals surface area contributed by atoms with Crippen LogP contribution in [0, 0.1) is 0 Å². The molecule has 0 aliphatic carbocycles. The first-order valence-corrected chi connectivity index (χ1v) is 7.92. The van der Waals surface area contributed by atoms with E-state index < -0.39 is 12.2 Å². The van der Waals surface area contributed by atoms with Crippen molar-refractivity contribution in [3.8, 4) is 11.5 Å². The van der Waals surface area contributed by atoms with Crippen molar-refractivity contribution in [1.82, 2.24) is 14.7 Å². The van der Waals surface area contributed by atoms with E-state index in [1.54, 1.807) is 25.1 Å². The van der Waals surface area contributed by atoms with E-state index in [0.717, 1.165) is 16.9 Å². The molecular weight excluding hydrogens is 310 g/mol. The number of fused-ring (bicyclic) bond motifs is 1. The van der Waals surface area contributed by atoms with Crippen LogP contribution in [0.4, 0.5) is 0 Å². The number of aliphatic hydroxyl groups excluding tert-OH is 2. The number of hydrogen-bond acceptors (Lipinski definition) is 6. The van der Waals surface area contributed by atoms with Gasteiger partial charge in [-0.2, -0.15) is 5.10 Å². The van der Waals surface area contributed by atoms with Crippen LogP contribution in [0.15, 0.2) is 30.6 Å². The molecule has 3 rings (SSSR count). The maximum Gasteiger partial charge on any atom is 0.125 e. The molecule has 130 valence electrons. The minimum atomic E-state index is -0.685. The van der Waals surface area contributed by atoms with Gasteiger partial charge >= 0.3 is 0 Å². The Morgan fingerprint density at radius 2 is 2.00 bits per heavy atom. The molecule has 0 fully saturated rings. The van der Waals surface area contributed by atoms with Gasteiger partial charge in [0, 0.05) is 43.2 Å². The number of rotatable bonds is 6. The summed E-state index contributed by atoms with van der Waals surface area (Å²) in [5.41, 5.74) is 1.68. The normalized spacial score (nSPS) is 18.9. The number of β-amino-alcohol motifs (C(OH)–C–C–N with tert-alkyl or cyclic N) is 2. The molecule has 1 aliphatic heterocycles. The van der Waals surface area contributed by atoms with Crippen LogP contribution >= 0.6 is 0 Å². The van der Waals surface area contributed by atoms with Gasteiger partial charge in [-0.3, -0.25) is 9.58 Å². The molecule has 0 saturated heterocycles. The van der Waals surface area contributed by atoms with Crippen LogP contribution in [-0.2, 0) is 13.1 Å². The summed E-state index contributed by atoms with van der Waals surface area (Å²) in [4.78, 5) is 2.02. The molecule has 0 saturated carbocycles. The minimum absolute atomic E-state index is 0.418. The minimum Gasteiger partial charge on any atom is -0.496 e. The second-order valence-electron chi connectivity index (χ2n) is 5.95. The van der Waals surface area contributed by atoms with Crippen molar-refractivity contribution in [3.05, 3.63) is 41.7 Å². The second kappa shape index (κ2) is 7.21. The smallest absolute Gasteiger partial charge is 0.125 e. The van der Waals surface area contributed by atoms with E-state index in [1.165, 1.54) is 0 Å². The van der Waals surface area contributed by atoms with Gasteiger partial charge in [0.2, 0.25) is 0 Å². The van der Waals surface area contributed by atoms with Crippen molar-refractivity contribution in [2.75, 3.05) is 27.3 Å². The van der Waals surface area contributed by atoms with E-state index in [4.69, 9.17) is 9.47 Å². The van der Waals surface area contributed by atoms with Gasteiger partial charge in [-0.15, -0.1) is 0 Å². The zero-order valence-electron chi connectivity index (χ0n) is 13.9. The molecule has 0 spiro atoms. The van der Waals surface area contributed by atoms with Gasteiger partial charge < -0.3 is 19.7 Å². The van der Waals surface area contributed by atoms with Crippen molar-refractivity contribution in [2.45, 2.75) is 25.3 Å². The van der Waals surface area contributed by atoms with Gasteiger partial charge in [0.15, 0.2) is 0 Å². The van der Waals surface area contributed by atoms with E-state index in [-0.39, 0.29) is 0 Å². The van der Waals surface area contributed by atoms with Crippen molar-refractivity contribution >= 4 is 0 Å². The van der Waals surface area contributed by atoms with Gasteiger partial charge in [0.25, 0.3) is 0 Å². The molecule has 0 radical (unpaired) electrons. The van der Waals surface area contributed by atoms with Gasteiger partial charge in [0.05, 0.1) is 33.0 Å². The third kappa shape index (κ3) is 3.38. The quantitative estimate of drug-likeness (QED) is 0.814. The summed E-state index contributed by atoms with van der Waals surface area (Å²) in [6.45, 7) is 1.88. The van der Waals surface area contributed by atoms with E-state index in [0.29, 0.717) is 31.9 Å². The molecule has 2 heterocycles. The number of aromatic nitrogens is 2. The Labute approximate surface area is 141 Å². The monoisotopic (exact) mass is 333 g/mol. The lowest BCUT2D eigenvalue weighted by Gasteiger charge is -2.34. The fraction of sp³-hybridized carbons (Fsp3) is 0.471. The Kier molecular flexibility index (Phi) is 5.03. The predicted octanol–water partition coefficient (Wildman–Crippen LogP) is 0.810. The highest BCUT2D eigenvalue weighted by molar-refractivity contribution is 5.51. The second-order valence-corrected chi connectivity index (χ2v) is 5.95. The van der Waals surface area contributed by atoms with Gasteiger partial charge in [-0.1, -0.05) is 0 Å². The summed E-state index contributed by atoms with van der Waals surface area (Å²) < 4.78 is 12.5. The number of benzene rings is 1. The molecule has 2 unspecified atom stereocenters. The summed E-state index contributed by atoms with van der Waals surface area (Å²) in [6.07, 6.45) is 2.24. The largest absolute Gasteiger partial charge is 0.496 e. The standard InChI is InChI=1S/C17H23N3O4/c1-23-15-4-5-16(24-2)17-13(15)10-19(11-14(17)22)8-12(21)9-20-7-3-6-18-20/h3-7,12,14,21-22H,8-11H2,1-2H3. The highest BCUT2D eigenvalue weighted by Gasteiger charge is 2.30. The maximum atomic E-state index is 10.6. The van der Waals surface area contributed by atoms with Crippen molar-refractivity contribution in [3.63, 3.8) is 0 Å². The van der Waals surface area contributed by atoms with Crippen LogP contribution in [0.5, 0.6) is 11.5 Å². The van der Waals surface area contributed by atoms with Crippen LogP contribution in [-0.4, -0.2) is 58.3 Å². The summed E-state index contributed by atoms with van der Waals surface area (Å²) >= 11 is 0. The van der Waals surface area contributed by atoms with Gasteiger partial charge in [-0.05, 0) is 18.2 Å². The molecule has 0 bridgehead atoms. The average Bonchev–Trinajstić information content (AvgIpc) is 3.06. The Hall–Kier alpha value is -2.09. The van der Waals surface area contributed by atoms with Crippen molar-refractivity contribution < 1.29 is 19.7 Å². The zero-order valence-corrected chi connectivity index (χ0v) is 13.9. The predicted molar refractivity (Wildman–Crippen MR) is 88.0 cm³/mol. The maximum absolute atomic E-state index is 10.6. The molecule has 1 aromatic heterocycles. The van der Waals surface area contributed by atoms with Crippen LogP contribution in [0.25, 0.3) is 0 Å².